The van der Waals surface area contributed by atoms with E-state index in [9.17, 15) is 0 Å². The molecule has 1 aromatic rings. The molecule has 0 spiro atoms. The molecule has 1 aliphatic rings. The van der Waals surface area contributed by atoms with Crippen LogP contribution in [-0.2, 0) is 0 Å². The SMILES string of the molecule is Cc1ccc(N2C(N)=NCC2C)cc1. The Bertz CT molecular complexity index is 353. The van der Waals surface area contributed by atoms with Gasteiger partial charge in [0.05, 0.1) is 12.6 Å². The zero-order valence-electron chi connectivity index (χ0n) is 8.57. The van der Waals surface area contributed by atoms with Crippen molar-refractivity contribution >= 4 is 11.6 Å². The minimum absolute atomic E-state index is 0.373. The highest BCUT2D eigenvalue weighted by molar-refractivity contribution is 5.97. The number of guanidine groups is 1. The van der Waals surface area contributed by atoms with Crippen molar-refractivity contribution in [1.29, 1.82) is 0 Å². The molecule has 14 heavy (non-hydrogen) atoms. The molecule has 0 aliphatic carbocycles. The van der Waals surface area contributed by atoms with Gasteiger partial charge in [0.15, 0.2) is 5.96 Å². The lowest BCUT2D eigenvalue weighted by molar-refractivity contribution is 0.784. The molecule has 1 aliphatic heterocycles. The molecule has 1 atom stereocenters. The summed E-state index contributed by atoms with van der Waals surface area (Å²) in [6.07, 6.45) is 0. The molecule has 0 fully saturated rings. The number of aliphatic imine (C=N–C) groups is 1. The summed E-state index contributed by atoms with van der Waals surface area (Å²) in [6, 6.07) is 8.72. The maximum Gasteiger partial charge on any atom is 0.196 e. The van der Waals surface area contributed by atoms with E-state index >= 15 is 0 Å². The molecule has 0 bridgehead atoms. The number of nitrogens with zero attached hydrogens (tertiary/aromatic N) is 2. The zero-order chi connectivity index (χ0) is 10.1. The van der Waals surface area contributed by atoms with Gasteiger partial charge in [0.25, 0.3) is 0 Å². The van der Waals surface area contributed by atoms with Crippen LogP contribution in [0, 0.1) is 6.92 Å². The van der Waals surface area contributed by atoms with Gasteiger partial charge in [0, 0.05) is 5.69 Å². The van der Waals surface area contributed by atoms with Gasteiger partial charge in [-0.15, -0.1) is 0 Å². The smallest absolute Gasteiger partial charge is 0.196 e. The summed E-state index contributed by atoms with van der Waals surface area (Å²) in [6.45, 7) is 5.00. The maximum atomic E-state index is 5.82. The fourth-order valence-corrected chi connectivity index (χ4v) is 1.70. The second-order valence-electron chi connectivity index (χ2n) is 3.75. The summed E-state index contributed by atoms with van der Waals surface area (Å²) in [7, 11) is 0. The first kappa shape index (κ1) is 9.06. The van der Waals surface area contributed by atoms with E-state index in [1.54, 1.807) is 0 Å². The van der Waals surface area contributed by atoms with Crippen molar-refractivity contribution in [3.63, 3.8) is 0 Å². The average Bonchev–Trinajstić information content (AvgIpc) is 2.49. The lowest BCUT2D eigenvalue weighted by atomic mass is 10.2. The van der Waals surface area contributed by atoms with Crippen LogP contribution in [0.2, 0.25) is 0 Å². The van der Waals surface area contributed by atoms with E-state index in [1.165, 1.54) is 5.56 Å². The van der Waals surface area contributed by atoms with E-state index in [4.69, 9.17) is 5.73 Å². The molecule has 0 radical (unpaired) electrons. The third-order valence-electron chi connectivity index (χ3n) is 2.52. The van der Waals surface area contributed by atoms with Crippen molar-refractivity contribution in [3.05, 3.63) is 29.8 Å². The standard InChI is InChI=1S/C11H15N3/c1-8-3-5-10(6-4-8)14-9(2)7-13-11(14)12/h3-6,9H,7H2,1-2H3,(H2,12,13). The quantitative estimate of drug-likeness (QED) is 0.727. The van der Waals surface area contributed by atoms with E-state index in [0.717, 1.165) is 12.2 Å². The van der Waals surface area contributed by atoms with Crippen molar-refractivity contribution in [2.45, 2.75) is 19.9 Å². The van der Waals surface area contributed by atoms with Crippen LogP contribution in [0.1, 0.15) is 12.5 Å². The molecule has 1 aromatic carbocycles. The third-order valence-corrected chi connectivity index (χ3v) is 2.52. The monoisotopic (exact) mass is 189 g/mol. The number of nitrogens with two attached hydrogens (primary N) is 1. The second-order valence-corrected chi connectivity index (χ2v) is 3.75. The van der Waals surface area contributed by atoms with E-state index in [-0.39, 0.29) is 0 Å². The first-order chi connectivity index (χ1) is 6.68. The van der Waals surface area contributed by atoms with Gasteiger partial charge in [-0.3, -0.25) is 4.99 Å². The highest BCUT2D eigenvalue weighted by Gasteiger charge is 2.22. The highest BCUT2D eigenvalue weighted by atomic mass is 15.3. The van der Waals surface area contributed by atoms with Gasteiger partial charge in [0.1, 0.15) is 0 Å². The molecule has 0 saturated heterocycles. The fraction of sp³-hybridized carbons (Fsp3) is 0.364. The number of hydrogen-bond donors (Lipinski definition) is 1. The Balaban J connectivity index is 2.30. The predicted octanol–water partition coefficient (Wildman–Crippen LogP) is 1.52. The molecule has 2 rings (SSSR count). The van der Waals surface area contributed by atoms with Crippen molar-refractivity contribution < 1.29 is 0 Å². The Morgan fingerprint density at radius 1 is 1.36 bits per heavy atom. The topological polar surface area (TPSA) is 41.6 Å². The van der Waals surface area contributed by atoms with Crippen LogP contribution in [-0.4, -0.2) is 18.5 Å². The average molecular weight is 189 g/mol. The van der Waals surface area contributed by atoms with Crippen molar-refractivity contribution in [2.24, 2.45) is 10.7 Å². The summed E-state index contributed by atoms with van der Waals surface area (Å²) in [5.41, 5.74) is 8.20. The van der Waals surface area contributed by atoms with E-state index < -0.39 is 0 Å². The lowest BCUT2D eigenvalue weighted by Crippen LogP contribution is -2.39. The zero-order valence-corrected chi connectivity index (χ0v) is 8.57. The number of rotatable bonds is 1. The Labute approximate surface area is 84.2 Å². The van der Waals surface area contributed by atoms with Gasteiger partial charge < -0.3 is 10.6 Å². The Hall–Kier alpha value is -1.51. The highest BCUT2D eigenvalue weighted by Crippen LogP contribution is 2.20. The summed E-state index contributed by atoms with van der Waals surface area (Å²) >= 11 is 0. The van der Waals surface area contributed by atoms with Gasteiger partial charge in [-0.2, -0.15) is 0 Å². The maximum absolute atomic E-state index is 5.82. The summed E-state index contributed by atoms with van der Waals surface area (Å²) < 4.78 is 0. The van der Waals surface area contributed by atoms with Crippen LogP contribution in [0.5, 0.6) is 0 Å². The largest absolute Gasteiger partial charge is 0.370 e. The Morgan fingerprint density at radius 3 is 2.50 bits per heavy atom. The molecule has 0 aromatic heterocycles. The molecule has 0 amide bonds. The molecule has 74 valence electrons. The summed E-state index contributed by atoms with van der Waals surface area (Å²) in [5.74, 6) is 0.626. The van der Waals surface area contributed by atoms with E-state index in [2.05, 4.69) is 48.0 Å². The lowest BCUT2D eigenvalue weighted by Gasteiger charge is -2.23. The minimum Gasteiger partial charge on any atom is -0.370 e. The molecular weight excluding hydrogens is 174 g/mol. The van der Waals surface area contributed by atoms with Crippen LogP contribution >= 0.6 is 0 Å². The van der Waals surface area contributed by atoms with Crippen LogP contribution < -0.4 is 10.6 Å². The van der Waals surface area contributed by atoms with Gasteiger partial charge in [-0.05, 0) is 26.0 Å². The molecule has 0 saturated carbocycles. The van der Waals surface area contributed by atoms with Crippen LogP contribution in [0.25, 0.3) is 0 Å². The van der Waals surface area contributed by atoms with E-state index in [0.29, 0.717) is 12.0 Å². The Morgan fingerprint density at radius 2 is 2.00 bits per heavy atom. The van der Waals surface area contributed by atoms with Crippen LogP contribution in [0.15, 0.2) is 29.3 Å². The number of hydrogen-bond acceptors (Lipinski definition) is 3. The molecule has 3 nitrogen and oxygen atoms in total. The first-order valence-corrected chi connectivity index (χ1v) is 4.84. The Kier molecular flexibility index (Phi) is 2.15. The first-order valence-electron chi connectivity index (χ1n) is 4.84. The molecule has 1 heterocycles. The van der Waals surface area contributed by atoms with Gasteiger partial charge in [0.2, 0.25) is 0 Å². The number of benzene rings is 1. The van der Waals surface area contributed by atoms with Gasteiger partial charge in [-0.1, -0.05) is 17.7 Å². The molecule has 1 unspecified atom stereocenters. The van der Waals surface area contributed by atoms with E-state index in [1.807, 2.05) is 0 Å². The number of anilines is 1. The summed E-state index contributed by atoms with van der Waals surface area (Å²) in [4.78, 5) is 6.29. The minimum atomic E-state index is 0.373. The van der Waals surface area contributed by atoms with Crippen molar-refractivity contribution in [1.82, 2.24) is 0 Å². The molecule has 3 heteroatoms. The number of aryl methyl sites for hydroxylation is 1. The summed E-state index contributed by atoms with van der Waals surface area (Å²) in [5, 5.41) is 0. The predicted molar refractivity (Wildman–Crippen MR) is 59.6 cm³/mol. The van der Waals surface area contributed by atoms with Crippen molar-refractivity contribution in [2.75, 3.05) is 11.4 Å². The van der Waals surface area contributed by atoms with Gasteiger partial charge >= 0.3 is 0 Å². The molecular formula is C11H15N3. The van der Waals surface area contributed by atoms with Crippen molar-refractivity contribution in [3.8, 4) is 0 Å². The second kappa shape index (κ2) is 3.33. The molecule has 2 N–H and O–H groups in total. The normalized spacial score (nSPS) is 21.1. The van der Waals surface area contributed by atoms with Crippen LogP contribution in [0.4, 0.5) is 5.69 Å². The third kappa shape index (κ3) is 1.45. The fourth-order valence-electron chi connectivity index (χ4n) is 1.70. The van der Waals surface area contributed by atoms with Gasteiger partial charge in [-0.25, -0.2) is 0 Å². The van der Waals surface area contributed by atoms with Crippen LogP contribution in [0.3, 0.4) is 0 Å².